The molecule has 0 aromatic rings. The highest BCUT2D eigenvalue weighted by molar-refractivity contribution is 14.0. The maximum Gasteiger partial charge on any atom is 0.191 e. The summed E-state index contributed by atoms with van der Waals surface area (Å²) in [6, 6.07) is 0. The highest BCUT2D eigenvalue weighted by Crippen LogP contribution is 2.15. The van der Waals surface area contributed by atoms with E-state index in [1.807, 2.05) is 0 Å². The molecule has 0 spiro atoms. The first-order valence-corrected chi connectivity index (χ1v) is 7.92. The summed E-state index contributed by atoms with van der Waals surface area (Å²) in [5, 5.41) is 6.15. The molecule has 0 bridgehead atoms. The number of nitrogens with one attached hydrogen (secondary N) is 2. The highest BCUT2D eigenvalue weighted by Gasteiger charge is 2.28. The largest absolute Gasteiger partial charge is 0.356 e. The fraction of sp³-hybridized carbons (Fsp3) is 0.917. The first-order valence-electron chi connectivity index (χ1n) is 6.27. The fourth-order valence-corrected chi connectivity index (χ4v) is 2.11. The van der Waals surface area contributed by atoms with E-state index >= 15 is 0 Å². The number of aliphatic imine (C=N–C) groups is 1. The van der Waals surface area contributed by atoms with Gasteiger partial charge < -0.3 is 10.6 Å². The molecule has 0 amide bonds. The molecule has 19 heavy (non-hydrogen) atoms. The number of rotatable bonds is 5. The standard InChI is InChI=1S/C12H27N3O2S.HI/c1-10(2)9-15-11(13-6)14-7-8-18(16,17)12(3,4)5;/h10H,7-9H2,1-6H3,(H2,13,14,15);1H. The van der Waals surface area contributed by atoms with Gasteiger partial charge in [0.15, 0.2) is 15.8 Å². The summed E-state index contributed by atoms with van der Waals surface area (Å²) >= 11 is 0. The van der Waals surface area contributed by atoms with Crippen LogP contribution in [0.4, 0.5) is 0 Å². The van der Waals surface area contributed by atoms with Gasteiger partial charge in [0.1, 0.15) is 0 Å². The lowest BCUT2D eigenvalue weighted by atomic mass is 10.2. The van der Waals surface area contributed by atoms with Crippen molar-refractivity contribution in [3.8, 4) is 0 Å². The highest BCUT2D eigenvalue weighted by atomic mass is 127. The van der Waals surface area contributed by atoms with Gasteiger partial charge in [-0.25, -0.2) is 8.42 Å². The monoisotopic (exact) mass is 405 g/mol. The molecule has 116 valence electrons. The third-order valence-electron chi connectivity index (χ3n) is 2.50. The van der Waals surface area contributed by atoms with Gasteiger partial charge in [0.25, 0.3) is 0 Å². The summed E-state index contributed by atoms with van der Waals surface area (Å²) in [6.45, 7) is 10.5. The minimum absolute atomic E-state index is 0. The summed E-state index contributed by atoms with van der Waals surface area (Å²) in [7, 11) is -1.40. The molecule has 0 aromatic heterocycles. The maximum absolute atomic E-state index is 11.9. The fourth-order valence-electron chi connectivity index (χ4n) is 1.13. The summed E-state index contributed by atoms with van der Waals surface area (Å²) < 4.78 is 23.1. The van der Waals surface area contributed by atoms with Crippen molar-refractivity contribution < 1.29 is 8.42 Å². The zero-order chi connectivity index (χ0) is 14.4. The Labute approximate surface area is 135 Å². The Morgan fingerprint density at radius 1 is 1.21 bits per heavy atom. The zero-order valence-electron chi connectivity index (χ0n) is 12.8. The molecule has 0 radical (unpaired) electrons. The summed E-state index contributed by atoms with van der Waals surface area (Å²) in [5.41, 5.74) is 0. The lowest BCUT2D eigenvalue weighted by Gasteiger charge is -2.20. The van der Waals surface area contributed by atoms with Crippen LogP contribution in [0.3, 0.4) is 0 Å². The molecule has 0 saturated heterocycles. The molecule has 0 aliphatic heterocycles. The third-order valence-corrected chi connectivity index (χ3v) is 5.11. The van der Waals surface area contributed by atoms with Crippen LogP contribution in [-0.2, 0) is 9.84 Å². The predicted molar refractivity (Wildman–Crippen MR) is 93.2 cm³/mol. The van der Waals surface area contributed by atoms with Crippen LogP contribution in [0.2, 0.25) is 0 Å². The molecule has 0 rings (SSSR count). The lowest BCUT2D eigenvalue weighted by molar-refractivity contribution is 0.558. The molecule has 0 fully saturated rings. The Bertz CT molecular complexity index is 373. The molecule has 0 aromatic carbocycles. The van der Waals surface area contributed by atoms with Gasteiger partial charge in [0, 0.05) is 20.1 Å². The summed E-state index contributed by atoms with van der Waals surface area (Å²) in [6.07, 6.45) is 0. The first kappa shape index (κ1) is 21.3. The molecule has 0 aliphatic rings. The van der Waals surface area contributed by atoms with E-state index in [9.17, 15) is 8.42 Å². The number of guanidine groups is 1. The Morgan fingerprint density at radius 2 is 1.74 bits per heavy atom. The SMILES string of the molecule is CN=C(NCCS(=O)(=O)C(C)(C)C)NCC(C)C.I. The van der Waals surface area contributed by atoms with E-state index in [4.69, 9.17) is 0 Å². The van der Waals surface area contributed by atoms with Gasteiger partial charge in [-0.2, -0.15) is 0 Å². The van der Waals surface area contributed by atoms with Crippen LogP contribution in [0, 0.1) is 5.92 Å². The Balaban J connectivity index is 0. The van der Waals surface area contributed by atoms with Crippen molar-refractivity contribution in [3.05, 3.63) is 0 Å². The van der Waals surface area contributed by atoms with Gasteiger partial charge in [0.2, 0.25) is 0 Å². The van der Waals surface area contributed by atoms with E-state index in [-0.39, 0.29) is 29.7 Å². The predicted octanol–water partition coefficient (Wildman–Crippen LogP) is 1.64. The minimum Gasteiger partial charge on any atom is -0.356 e. The average molecular weight is 405 g/mol. The van der Waals surface area contributed by atoms with Crippen molar-refractivity contribution in [2.75, 3.05) is 25.9 Å². The van der Waals surface area contributed by atoms with Crippen molar-refractivity contribution >= 4 is 39.8 Å². The number of hydrogen-bond donors (Lipinski definition) is 2. The van der Waals surface area contributed by atoms with Gasteiger partial charge in [0.05, 0.1) is 10.5 Å². The Hall–Kier alpha value is -0.0500. The molecule has 0 atom stereocenters. The van der Waals surface area contributed by atoms with Crippen molar-refractivity contribution in [1.29, 1.82) is 0 Å². The Kier molecular flexibility index (Phi) is 10.1. The summed E-state index contributed by atoms with van der Waals surface area (Å²) in [5.74, 6) is 1.27. The van der Waals surface area contributed by atoms with E-state index in [0.29, 0.717) is 18.4 Å². The van der Waals surface area contributed by atoms with Crippen molar-refractivity contribution in [3.63, 3.8) is 0 Å². The van der Waals surface area contributed by atoms with Crippen LogP contribution in [0.1, 0.15) is 34.6 Å². The van der Waals surface area contributed by atoms with Gasteiger partial charge in [-0.1, -0.05) is 13.8 Å². The second-order valence-corrected chi connectivity index (χ2v) is 8.57. The molecule has 0 heterocycles. The second-order valence-electron chi connectivity index (χ2n) is 5.70. The van der Waals surface area contributed by atoms with E-state index in [1.54, 1.807) is 27.8 Å². The topological polar surface area (TPSA) is 70.6 Å². The quantitative estimate of drug-likeness (QED) is 0.415. The number of nitrogens with zero attached hydrogens (tertiary/aromatic N) is 1. The normalized spacial score (nSPS) is 13.1. The van der Waals surface area contributed by atoms with Crippen LogP contribution in [0.5, 0.6) is 0 Å². The number of sulfone groups is 1. The van der Waals surface area contributed by atoms with Crippen LogP contribution in [0.15, 0.2) is 4.99 Å². The average Bonchev–Trinajstić information content (AvgIpc) is 2.20. The molecule has 2 N–H and O–H groups in total. The smallest absolute Gasteiger partial charge is 0.191 e. The zero-order valence-corrected chi connectivity index (χ0v) is 15.9. The second kappa shape index (κ2) is 8.99. The van der Waals surface area contributed by atoms with Gasteiger partial charge in [-0.15, -0.1) is 24.0 Å². The maximum atomic E-state index is 11.9. The summed E-state index contributed by atoms with van der Waals surface area (Å²) in [4.78, 5) is 4.04. The van der Waals surface area contributed by atoms with Crippen molar-refractivity contribution in [2.45, 2.75) is 39.4 Å². The third kappa shape index (κ3) is 8.67. The minimum atomic E-state index is -3.08. The van der Waals surface area contributed by atoms with Gasteiger partial charge >= 0.3 is 0 Å². The van der Waals surface area contributed by atoms with E-state index < -0.39 is 14.6 Å². The first-order chi connectivity index (χ1) is 8.10. The van der Waals surface area contributed by atoms with E-state index in [2.05, 4.69) is 29.5 Å². The molecule has 7 heteroatoms. The molecule has 0 unspecified atom stereocenters. The molecular formula is C12H28IN3O2S. The van der Waals surface area contributed by atoms with E-state index in [1.165, 1.54) is 0 Å². The van der Waals surface area contributed by atoms with Crippen molar-refractivity contribution in [1.82, 2.24) is 10.6 Å². The van der Waals surface area contributed by atoms with Crippen LogP contribution in [-0.4, -0.2) is 45.0 Å². The number of hydrogen-bond acceptors (Lipinski definition) is 3. The Morgan fingerprint density at radius 3 is 2.11 bits per heavy atom. The van der Waals surface area contributed by atoms with Crippen LogP contribution < -0.4 is 10.6 Å². The molecular weight excluding hydrogens is 377 g/mol. The van der Waals surface area contributed by atoms with E-state index in [0.717, 1.165) is 6.54 Å². The van der Waals surface area contributed by atoms with Crippen molar-refractivity contribution in [2.24, 2.45) is 10.9 Å². The van der Waals surface area contributed by atoms with Crippen LogP contribution >= 0.6 is 24.0 Å². The van der Waals surface area contributed by atoms with Gasteiger partial charge in [-0.05, 0) is 26.7 Å². The molecule has 5 nitrogen and oxygen atoms in total. The molecule has 0 saturated carbocycles. The van der Waals surface area contributed by atoms with Gasteiger partial charge in [-0.3, -0.25) is 4.99 Å². The lowest BCUT2D eigenvalue weighted by Crippen LogP contribution is -2.42. The van der Waals surface area contributed by atoms with Crippen LogP contribution in [0.25, 0.3) is 0 Å². The molecule has 0 aliphatic carbocycles. The number of halogens is 1.